The van der Waals surface area contributed by atoms with Crippen LogP contribution in [0.25, 0.3) is 0 Å². The maximum atomic E-state index is 12.2. The summed E-state index contributed by atoms with van der Waals surface area (Å²) in [4.78, 5) is 14.3. The van der Waals surface area contributed by atoms with Crippen molar-refractivity contribution in [2.24, 2.45) is 0 Å². The molecule has 3 rings (SSSR count). The zero-order valence-electron chi connectivity index (χ0n) is 9.53. The van der Waals surface area contributed by atoms with Gasteiger partial charge in [0, 0.05) is 26.3 Å². The van der Waals surface area contributed by atoms with Crippen LogP contribution in [0, 0.1) is 0 Å². The molecular weight excluding hydrogens is 206 g/mol. The van der Waals surface area contributed by atoms with E-state index in [0.29, 0.717) is 6.04 Å². The number of H-pyrrole nitrogens is 1. The Morgan fingerprint density at radius 1 is 1.31 bits per heavy atom. The summed E-state index contributed by atoms with van der Waals surface area (Å²) in [5.41, 5.74) is 2.22. The molecule has 1 aromatic rings. The van der Waals surface area contributed by atoms with Crippen molar-refractivity contribution in [3.8, 4) is 0 Å². The Bertz CT molecular complexity index is 443. The number of aromatic amines is 1. The lowest BCUT2D eigenvalue weighted by Gasteiger charge is -2.22. The zero-order valence-corrected chi connectivity index (χ0v) is 9.53. The van der Waals surface area contributed by atoms with E-state index in [-0.39, 0.29) is 5.56 Å². The van der Waals surface area contributed by atoms with Crippen molar-refractivity contribution in [1.82, 2.24) is 14.7 Å². The second-order valence-corrected chi connectivity index (χ2v) is 4.76. The first-order valence-electron chi connectivity index (χ1n) is 5.84. The molecule has 0 spiro atoms. The molecule has 0 aromatic carbocycles. The Labute approximate surface area is 94.0 Å². The number of nitrogens with zero attached hydrogens (tertiary/aromatic N) is 2. The van der Waals surface area contributed by atoms with Crippen LogP contribution in [0.15, 0.2) is 4.79 Å². The van der Waals surface area contributed by atoms with Gasteiger partial charge >= 0.3 is 0 Å². The molecule has 3 heterocycles. The largest absolute Gasteiger partial charge is 0.381 e. The van der Waals surface area contributed by atoms with Gasteiger partial charge in [-0.15, -0.1) is 0 Å². The van der Waals surface area contributed by atoms with Gasteiger partial charge in [0.1, 0.15) is 0 Å². The second kappa shape index (κ2) is 3.75. The molecule has 2 aliphatic rings. The summed E-state index contributed by atoms with van der Waals surface area (Å²) < 4.78 is 7.14. The van der Waals surface area contributed by atoms with Gasteiger partial charge in [-0.25, -0.2) is 4.68 Å². The van der Waals surface area contributed by atoms with Crippen LogP contribution in [0.2, 0.25) is 0 Å². The molecule has 0 saturated carbocycles. The lowest BCUT2D eigenvalue weighted by molar-refractivity contribution is 0.0650. The molecule has 0 atom stereocenters. The number of aromatic nitrogens is 2. The average Bonchev–Trinajstić information content (AvgIpc) is 2.79. The van der Waals surface area contributed by atoms with Crippen molar-refractivity contribution in [2.75, 3.05) is 20.3 Å². The van der Waals surface area contributed by atoms with E-state index in [1.165, 1.54) is 0 Å². The molecule has 88 valence electrons. The van der Waals surface area contributed by atoms with E-state index in [2.05, 4.69) is 10.00 Å². The van der Waals surface area contributed by atoms with Gasteiger partial charge in [0.2, 0.25) is 0 Å². The van der Waals surface area contributed by atoms with E-state index in [4.69, 9.17) is 4.74 Å². The molecule has 1 fully saturated rings. The minimum Gasteiger partial charge on any atom is -0.381 e. The topological polar surface area (TPSA) is 50.3 Å². The average molecular weight is 223 g/mol. The summed E-state index contributed by atoms with van der Waals surface area (Å²) in [6.45, 7) is 3.17. The first kappa shape index (κ1) is 10.1. The van der Waals surface area contributed by atoms with Crippen LogP contribution in [0.4, 0.5) is 0 Å². The van der Waals surface area contributed by atoms with Gasteiger partial charge in [0.15, 0.2) is 0 Å². The van der Waals surface area contributed by atoms with Crippen molar-refractivity contribution in [3.05, 3.63) is 21.6 Å². The summed E-state index contributed by atoms with van der Waals surface area (Å²) in [7, 11) is 2.03. The number of rotatable bonds is 1. The monoisotopic (exact) mass is 223 g/mol. The molecule has 1 saturated heterocycles. The van der Waals surface area contributed by atoms with Gasteiger partial charge in [0.05, 0.1) is 17.3 Å². The highest BCUT2D eigenvalue weighted by Crippen LogP contribution is 2.22. The van der Waals surface area contributed by atoms with E-state index < -0.39 is 0 Å². The Balaban J connectivity index is 1.92. The van der Waals surface area contributed by atoms with E-state index in [9.17, 15) is 4.79 Å². The lowest BCUT2D eigenvalue weighted by atomic mass is 10.1. The van der Waals surface area contributed by atoms with Crippen LogP contribution in [0.1, 0.15) is 30.1 Å². The van der Waals surface area contributed by atoms with Crippen molar-refractivity contribution < 1.29 is 4.74 Å². The summed E-state index contributed by atoms with van der Waals surface area (Å²) in [6, 6.07) is 0.303. The Kier molecular flexibility index (Phi) is 2.37. The summed E-state index contributed by atoms with van der Waals surface area (Å²) in [6.07, 6.45) is 1.88. The van der Waals surface area contributed by atoms with Crippen LogP contribution in [0.5, 0.6) is 0 Å². The standard InChI is InChI=1S/C11H17N3O2/c1-13-6-9-10(7-13)12-14(11(9)15)8-2-4-16-5-3-8/h8,12H,2-7H2,1H3. The van der Waals surface area contributed by atoms with E-state index in [1.807, 2.05) is 11.7 Å². The minimum atomic E-state index is 0.172. The number of hydrogen-bond acceptors (Lipinski definition) is 3. The summed E-state index contributed by atoms with van der Waals surface area (Å²) in [5.74, 6) is 0. The highest BCUT2D eigenvalue weighted by atomic mass is 16.5. The fraction of sp³-hybridized carbons (Fsp3) is 0.727. The molecule has 0 unspecified atom stereocenters. The smallest absolute Gasteiger partial charge is 0.271 e. The number of hydrogen-bond donors (Lipinski definition) is 1. The third-order valence-corrected chi connectivity index (χ3v) is 3.51. The molecule has 0 radical (unpaired) electrons. The van der Waals surface area contributed by atoms with Crippen LogP contribution < -0.4 is 5.56 Å². The Hall–Kier alpha value is -1.07. The maximum absolute atomic E-state index is 12.2. The van der Waals surface area contributed by atoms with Gasteiger partial charge < -0.3 is 4.74 Å². The quantitative estimate of drug-likeness (QED) is 0.753. The van der Waals surface area contributed by atoms with Crippen molar-refractivity contribution >= 4 is 0 Å². The summed E-state index contributed by atoms with van der Waals surface area (Å²) >= 11 is 0. The van der Waals surface area contributed by atoms with Crippen molar-refractivity contribution in [1.29, 1.82) is 0 Å². The van der Waals surface area contributed by atoms with E-state index in [1.54, 1.807) is 0 Å². The molecule has 5 heteroatoms. The van der Waals surface area contributed by atoms with Crippen molar-refractivity contribution in [2.45, 2.75) is 32.0 Å². The molecule has 16 heavy (non-hydrogen) atoms. The number of fused-ring (bicyclic) bond motifs is 1. The van der Waals surface area contributed by atoms with Gasteiger partial charge in [-0.3, -0.25) is 14.8 Å². The minimum absolute atomic E-state index is 0.172. The molecule has 5 nitrogen and oxygen atoms in total. The SMILES string of the molecule is CN1Cc2[nH]n(C3CCOCC3)c(=O)c2C1. The van der Waals surface area contributed by atoms with Gasteiger partial charge in [-0.2, -0.15) is 0 Å². The van der Waals surface area contributed by atoms with Gasteiger partial charge in [0.25, 0.3) is 5.56 Å². The third-order valence-electron chi connectivity index (χ3n) is 3.51. The van der Waals surface area contributed by atoms with Gasteiger partial charge in [-0.1, -0.05) is 0 Å². The molecule has 1 N–H and O–H groups in total. The highest BCUT2D eigenvalue weighted by molar-refractivity contribution is 5.21. The fourth-order valence-corrected chi connectivity index (χ4v) is 2.63. The Morgan fingerprint density at radius 2 is 2.06 bits per heavy atom. The van der Waals surface area contributed by atoms with Crippen molar-refractivity contribution in [3.63, 3.8) is 0 Å². The molecular formula is C11H17N3O2. The molecule has 2 aliphatic heterocycles. The van der Waals surface area contributed by atoms with Crippen LogP contribution in [-0.4, -0.2) is 34.9 Å². The molecule has 0 amide bonds. The maximum Gasteiger partial charge on any atom is 0.271 e. The second-order valence-electron chi connectivity index (χ2n) is 4.76. The normalized spacial score (nSPS) is 22.6. The number of ether oxygens (including phenoxy) is 1. The molecule has 0 bridgehead atoms. The third kappa shape index (κ3) is 1.51. The summed E-state index contributed by atoms with van der Waals surface area (Å²) in [5, 5.41) is 3.27. The van der Waals surface area contributed by atoms with E-state index >= 15 is 0 Å². The first-order valence-corrected chi connectivity index (χ1v) is 5.84. The lowest BCUT2D eigenvalue weighted by Crippen LogP contribution is -2.29. The van der Waals surface area contributed by atoms with Crippen LogP contribution in [-0.2, 0) is 17.8 Å². The highest BCUT2D eigenvalue weighted by Gasteiger charge is 2.26. The predicted molar refractivity (Wildman–Crippen MR) is 59.3 cm³/mol. The first-order chi connectivity index (χ1) is 7.75. The molecule has 1 aromatic heterocycles. The van der Waals surface area contributed by atoms with E-state index in [0.717, 1.165) is 50.4 Å². The number of nitrogens with one attached hydrogen (secondary N) is 1. The predicted octanol–water partition coefficient (Wildman–Crippen LogP) is 0.473. The Morgan fingerprint density at radius 3 is 2.75 bits per heavy atom. The van der Waals surface area contributed by atoms with Gasteiger partial charge in [-0.05, 0) is 19.9 Å². The fourth-order valence-electron chi connectivity index (χ4n) is 2.63. The van der Waals surface area contributed by atoms with Crippen LogP contribution in [0.3, 0.4) is 0 Å². The molecule has 0 aliphatic carbocycles. The zero-order chi connectivity index (χ0) is 11.1. The van der Waals surface area contributed by atoms with Crippen LogP contribution >= 0.6 is 0 Å².